The monoisotopic (exact) mass is 1340 g/mol. The summed E-state index contributed by atoms with van der Waals surface area (Å²) in [5, 5.41) is 0. The molecule has 0 unspecified atom stereocenters. The van der Waals surface area contributed by atoms with Crippen LogP contribution in [0.3, 0.4) is 0 Å². The molecule has 8 heterocycles. The minimum absolute atomic E-state index is 0. The number of esters is 2. The molecule has 2 amide bonds. The van der Waals surface area contributed by atoms with Crippen LogP contribution in [0.5, 0.6) is 23.3 Å². The molecule has 4 saturated heterocycles. The molecule has 26 heteroatoms. The van der Waals surface area contributed by atoms with Gasteiger partial charge in [0.15, 0.2) is 11.4 Å². The van der Waals surface area contributed by atoms with E-state index in [1.54, 1.807) is 36.4 Å². The van der Waals surface area contributed by atoms with Crippen molar-refractivity contribution in [2.45, 2.75) is 172 Å². The van der Waals surface area contributed by atoms with E-state index in [0.717, 1.165) is 0 Å². The Labute approximate surface area is 550 Å². The molecule has 492 valence electrons. The molecule has 91 heavy (non-hydrogen) atoms. The van der Waals surface area contributed by atoms with Gasteiger partial charge in [-0.25, -0.2) is 32.5 Å². The Morgan fingerprint density at radius 1 is 0.593 bits per heavy atom. The van der Waals surface area contributed by atoms with Gasteiger partial charge < -0.3 is 57.3 Å². The normalized spacial score (nSPS) is 31.7. The number of amides is 2. The van der Waals surface area contributed by atoms with Gasteiger partial charge in [0.1, 0.15) is 35.4 Å². The number of hydrogen-bond acceptors (Lipinski definition) is 18. The fraction of sp³-hybridized carbons (Fsp3) is 0.662. The number of aromatic nitrogens is 4. The van der Waals surface area contributed by atoms with Gasteiger partial charge in [-0.1, -0.05) is 65.5 Å². The number of hydrogen-bond donors (Lipinski definition) is 0. The molecule has 20 nitrogen and oxygen atoms in total. The Morgan fingerprint density at radius 3 is 1.46 bits per heavy atom. The maximum atomic E-state index is 16.0. The maximum absolute atomic E-state index is 16.0. The molecule has 0 spiro atoms. The van der Waals surface area contributed by atoms with Crippen LogP contribution in [0.1, 0.15) is 136 Å². The van der Waals surface area contributed by atoms with Crippen LogP contribution in [-0.4, -0.2) is 156 Å². The molecule has 2 saturated carbocycles. The van der Waals surface area contributed by atoms with E-state index in [4.69, 9.17) is 37.9 Å². The van der Waals surface area contributed by atoms with Gasteiger partial charge in [-0.3, -0.25) is 19.2 Å². The summed E-state index contributed by atoms with van der Waals surface area (Å²) in [5.41, 5.74) is -1.92. The van der Waals surface area contributed by atoms with Crippen molar-refractivity contribution < 1.29 is 121 Å². The second-order valence-corrected chi connectivity index (χ2v) is 26.4. The van der Waals surface area contributed by atoms with E-state index in [0.29, 0.717) is 73.9 Å². The fourth-order valence-corrected chi connectivity index (χ4v) is 14.1. The average molecular weight is 1350 g/mol. The summed E-state index contributed by atoms with van der Waals surface area (Å²) in [4.78, 5) is 99.9. The van der Waals surface area contributed by atoms with Crippen LogP contribution in [0.25, 0.3) is 22.1 Å². The van der Waals surface area contributed by atoms with Crippen LogP contribution in [0.2, 0.25) is 0 Å². The van der Waals surface area contributed by atoms with Gasteiger partial charge >= 0.3 is 11.9 Å². The minimum atomic E-state index is -3.36. The number of benzene rings is 2. The predicted molar refractivity (Wildman–Crippen MR) is 310 cm³/mol. The fourth-order valence-electron chi connectivity index (χ4n) is 14.1. The first-order valence-electron chi connectivity index (χ1n) is 31.2. The van der Waals surface area contributed by atoms with E-state index in [1.807, 2.05) is 47.2 Å². The van der Waals surface area contributed by atoms with Gasteiger partial charge in [0.05, 0.1) is 100 Å². The van der Waals surface area contributed by atoms with Crippen LogP contribution in [0.4, 0.5) is 17.6 Å². The molecule has 2 aromatic heterocycles. The smallest absolute Gasteiger partial charge is 0.307 e. The van der Waals surface area contributed by atoms with Crippen molar-refractivity contribution in [1.29, 1.82) is 0 Å². The number of rotatable bonds is 8. The summed E-state index contributed by atoms with van der Waals surface area (Å²) in [6.07, 6.45) is 5.74. The molecule has 0 N–H and O–H groups in total. The zero-order valence-electron chi connectivity index (χ0n) is 52.3. The first-order chi connectivity index (χ1) is 42.5. The second-order valence-electron chi connectivity index (χ2n) is 26.4. The minimum Gasteiger partial charge on any atom is -0.540 e. The topological polar surface area (TPSA) is 234 Å². The van der Waals surface area contributed by atoms with Crippen molar-refractivity contribution in [2.24, 2.45) is 46.3 Å². The van der Waals surface area contributed by atoms with Crippen molar-refractivity contribution in [3.8, 4) is 23.3 Å². The van der Waals surface area contributed by atoms with Gasteiger partial charge in [0, 0.05) is 78.8 Å². The zero-order valence-corrected chi connectivity index (χ0v) is 55.1. The Kier molecular flexibility index (Phi) is 21.2. The van der Waals surface area contributed by atoms with E-state index in [9.17, 15) is 28.8 Å². The molecule has 8 aliphatic rings. The molecule has 2 aromatic carbocycles. The number of fused-ring (bicyclic) bond motifs is 10. The number of ether oxygens (including phenoxy) is 8. The molecule has 6 aliphatic heterocycles. The Hall–Kier alpha value is -5.65. The predicted octanol–water partition coefficient (Wildman–Crippen LogP) is 9.13. The van der Waals surface area contributed by atoms with Crippen molar-refractivity contribution in [3.63, 3.8) is 0 Å². The van der Waals surface area contributed by atoms with Crippen LogP contribution in [0.15, 0.2) is 36.4 Å². The standard InChI is InChI=1S/C33H40F2N3O7.C32H38F2N3O7.2V/c1-5-21-25(16-39)38-15-26(21)44-29-28(36-23-10-9-20(42-4)12-24(23)37-29)33(34,35)11-7-6-8-19-14-32(19,3)45-27(40)13-22(30(38)41)31(2)17-43-18-31;1-4-20-24(15-38)37-14-26(20)44-29-28(35-22-9-8-19(41-3)12-23(22)36-29)32(33,34)10-6-5-7-18-11-25(18)43-27(39)13-21(30(37)40)31(2)16-42-17-31;;/h9-10,12,19,21-22,25-26H,5-8,11,13-15,17-18H2,1-4H3;8-9,12,18,20-21,24-26H,4-7,10-11,13-14,16-17H2,1-3H3;;/q2*-1;;/t19-,21+,22-,25-,26+,32-;18-,20+,21-,24-,25-,26+;;/m11../s1. The number of carbonyl (C=O) groups is 4. The first kappa shape index (κ1) is 69.7. The van der Waals surface area contributed by atoms with Gasteiger partial charge in [0.2, 0.25) is 23.6 Å². The Balaban J connectivity index is 0.000000211. The van der Waals surface area contributed by atoms with E-state index in [-0.39, 0.29) is 143 Å². The first-order valence-corrected chi connectivity index (χ1v) is 31.2. The number of alkyl halides is 4. The van der Waals surface area contributed by atoms with E-state index in [2.05, 4.69) is 19.9 Å². The SMILES string of the molecule is CC[C@@H]1[C@@H]2CN(C(=O)[C@H](C3(C)COC3)CC(=O)O[C@@H]3C[C@H]3CCCCC(F)(F)c3nc4ccc(OC)cc4nc3O2)[C@@H]1[C-]=O.CC[C@@H]1[C@@H]2CN(C(=O)[C@H](C3(C)COC3)CC(=O)O[C@]3(C)C[C@H]3CCCCC(F)(F)c3nc4ccc(OC)cc4nc3O2)[C@@H]1[C-]=O.[V].[V]. The van der Waals surface area contributed by atoms with Gasteiger partial charge in [0.25, 0.3) is 11.8 Å². The van der Waals surface area contributed by atoms with Gasteiger partial charge in [-0.2, -0.15) is 17.6 Å². The number of halogens is 4. The average Bonchev–Trinajstić information content (AvgIpc) is 1.74. The molecule has 2 radical (unpaired) electrons. The molecular formula is C65H78F4N6O14V2-2. The largest absolute Gasteiger partial charge is 0.540 e. The molecule has 4 aromatic rings. The molecule has 12 atom stereocenters. The van der Waals surface area contributed by atoms with Crippen molar-refractivity contribution >= 4 is 58.4 Å². The summed E-state index contributed by atoms with van der Waals surface area (Å²) in [5.74, 6) is -10.7. The third kappa shape index (κ3) is 14.3. The van der Waals surface area contributed by atoms with Crippen molar-refractivity contribution in [1.82, 2.24) is 29.7 Å². The van der Waals surface area contributed by atoms with Crippen LogP contribution in [0, 0.1) is 46.3 Å². The number of carbonyl (C=O) groups excluding carboxylic acids is 6. The number of nitrogens with zero attached hydrogens (tertiary/aromatic N) is 6. The van der Waals surface area contributed by atoms with Crippen LogP contribution in [-0.2, 0) is 96.7 Å². The molecule has 6 fully saturated rings. The molecule has 4 bridgehead atoms. The third-order valence-electron chi connectivity index (χ3n) is 20.0. The Bertz CT molecular complexity index is 3360. The summed E-state index contributed by atoms with van der Waals surface area (Å²) in [6.45, 7) is 10.3. The summed E-state index contributed by atoms with van der Waals surface area (Å²) < 4.78 is 109. The molecule has 2 aliphatic carbocycles. The van der Waals surface area contributed by atoms with E-state index in [1.165, 1.54) is 24.0 Å². The van der Waals surface area contributed by atoms with Crippen molar-refractivity contribution in [2.75, 3.05) is 53.7 Å². The van der Waals surface area contributed by atoms with Crippen LogP contribution < -0.4 is 18.9 Å². The molecule has 12 rings (SSSR count). The van der Waals surface area contributed by atoms with Gasteiger partial charge in [-0.05, 0) is 87.5 Å². The van der Waals surface area contributed by atoms with Crippen LogP contribution >= 0.6 is 0 Å². The summed E-state index contributed by atoms with van der Waals surface area (Å²) >= 11 is 0. The summed E-state index contributed by atoms with van der Waals surface area (Å²) in [6, 6.07) is 7.60. The maximum Gasteiger partial charge on any atom is 0.307 e. The third-order valence-corrected chi connectivity index (χ3v) is 20.0. The quantitative estimate of drug-likeness (QED) is 0.0908. The van der Waals surface area contributed by atoms with E-state index < -0.39 is 124 Å². The second kappa shape index (κ2) is 27.7. The van der Waals surface area contributed by atoms with E-state index >= 15 is 17.6 Å². The van der Waals surface area contributed by atoms with Crippen molar-refractivity contribution in [3.05, 3.63) is 47.8 Å². The summed E-state index contributed by atoms with van der Waals surface area (Å²) in [7, 11) is 2.99. The number of methoxy groups -OCH3 is 2. The van der Waals surface area contributed by atoms with Gasteiger partial charge in [-0.15, -0.1) is 0 Å². The Morgan fingerprint density at radius 2 is 1.04 bits per heavy atom. The molecular weight excluding hydrogens is 1270 g/mol. The zero-order chi connectivity index (χ0) is 63.4.